The van der Waals surface area contributed by atoms with Gasteiger partial charge in [0.05, 0.1) is 0 Å². The number of carbonyl (C=O) groups is 2. The van der Waals surface area contributed by atoms with E-state index in [4.69, 9.17) is 9.47 Å². The summed E-state index contributed by atoms with van der Waals surface area (Å²) in [6.07, 6.45) is 0. The van der Waals surface area contributed by atoms with Gasteiger partial charge in [0.1, 0.15) is 26.4 Å². The fraction of sp³-hybridized carbons (Fsp3) is 0.800. The largest absolute Gasteiger partial charge is 0.460 e. The van der Waals surface area contributed by atoms with Gasteiger partial charge in [-0.05, 0) is 0 Å². The number of rotatable bonds is 4. The standard InChI is InChI=1S/C10H16O8/c1-7(11)15-3-9(13)5-18-10(14,6-17-9)4-16-8(2)12/h13-14H,3-6H2,1-2H3/i3+1,4+1,5+1,6+1. The summed E-state index contributed by atoms with van der Waals surface area (Å²) in [5.74, 6) is -4.78. The Hall–Kier alpha value is -1.22. The van der Waals surface area contributed by atoms with E-state index in [1.54, 1.807) is 0 Å². The van der Waals surface area contributed by atoms with Crippen LogP contribution in [0.2, 0.25) is 0 Å². The number of ether oxygens (including phenoxy) is 4. The molecule has 0 aromatic rings. The third-order valence-corrected chi connectivity index (χ3v) is 2.13. The summed E-state index contributed by atoms with van der Waals surface area (Å²) in [5.41, 5.74) is 0. The molecule has 0 aromatic heterocycles. The van der Waals surface area contributed by atoms with E-state index in [9.17, 15) is 19.8 Å². The van der Waals surface area contributed by atoms with Crippen molar-refractivity contribution in [2.24, 2.45) is 0 Å². The lowest BCUT2D eigenvalue weighted by atomic mass is 10.6. The second kappa shape index (κ2) is 5.61. The molecule has 1 saturated heterocycles. The van der Waals surface area contributed by atoms with Gasteiger partial charge in [0.25, 0.3) is 0 Å². The van der Waals surface area contributed by atoms with Crippen LogP contribution in [-0.2, 0) is 28.5 Å². The van der Waals surface area contributed by atoms with Gasteiger partial charge < -0.3 is 29.2 Å². The molecule has 0 bridgehead atoms. The lowest BCUT2D eigenvalue weighted by molar-refractivity contribution is -0.377. The summed E-state index contributed by atoms with van der Waals surface area (Å²) in [6, 6.07) is 0. The van der Waals surface area contributed by atoms with E-state index in [1.807, 2.05) is 0 Å². The summed E-state index contributed by atoms with van der Waals surface area (Å²) in [7, 11) is 0. The van der Waals surface area contributed by atoms with E-state index >= 15 is 0 Å². The maximum atomic E-state index is 10.6. The molecule has 104 valence electrons. The van der Waals surface area contributed by atoms with Crippen molar-refractivity contribution in [2.45, 2.75) is 25.4 Å². The maximum absolute atomic E-state index is 10.6. The van der Waals surface area contributed by atoms with Gasteiger partial charge in [-0.3, -0.25) is 9.59 Å². The zero-order valence-corrected chi connectivity index (χ0v) is 10.2. The average molecular weight is 268 g/mol. The SMILES string of the molecule is CC(=O)O[13CH2]C1(O)[13CH2]OC(O)([13CH2]OC(C)=O)[13CH2]O1. The highest BCUT2D eigenvalue weighted by Crippen LogP contribution is 2.23. The van der Waals surface area contributed by atoms with Crippen LogP contribution in [0.15, 0.2) is 0 Å². The number of aliphatic hydroxyl groups is 2. The first-order valence-corrected chi connectivity index (χ1v) is 5.24. The first kappa shape index (κ1) is 14.8. The zero-order valence-electron chi connectivity index (χ0n) is 10.2. The van der Waals surface area contributed by atoms with Crippen molar-refractivity contribution in [1.29, 1.82) is 0 Å². The van der Waals surface area contributed by atoms with Crippen molar-refractivity contribution < 1.29 is 38.7 Å². The summed E-state index contributed by atoms with van der Waals surface area (Å²) in [4.78, 5) is 21.2. The Balaban J connectivity index is 2.43. The second-order valence-corrected chi connectivity index (χ2v) is 4.03. The number of esters is 2. The van der Waals surface area contributed by atoms with Crippen molar-refractivity contribution >= 4 is 11.9 Å². The quantitative estimate of drug-likeness (QED) is 0.470. The molecule has 0 aromatic carbocycles. The van der Waals surface area contributed by atoms with E-state index in [-0.39, 0.29) is 0 Å². The predicted molar refractivity (Wildman–Crippen MR) is 55.1 cm³/mol. The highest BCUT2D eigenvalue weighted by Gasteiger charge is 2.44. The van der Waals surface area contributed by atoms with Gasteiger partial charge in [0, 0.05) is 13.8 Å². The molecule has 2 atom stereocenters. The molecule has 1 fully saturated rings. The molecule has 0 radical (unpaired) electrons. The van der Waals surface area contributed by atoms with Crippen LogP contribution >= 0.6 is 0 Å². The third kappa shape index (κ3) is 4.57. The Morgan fingerprint density at radius 3 is 1.56 bits per heavy atom. The van der Waals surface area contributed by atoms with Crippen LogP contribution in [0.25, 0.3) is 0 Å². The van der Waals surface area contributed by atoms with Crippen molar-refractivity contribution in [1.82, 2.24) is 0 Å². The monoisotopic (exact) mass is 268 g/mol. The van der Waals surface area contributed by atoms with Crippen molar-refractivity contribution in [3.8, 4) is 0 Å². The van der Waals surface area contributed by atoms with Gasteiger partial charge in [-0.25, -0.2) is 0 Å². The van der Waals surface area contributed by atoms with E-state index in [0.29, 0.717) is 0 Å². The first-order chi connectivity index (χ1) is 8.25. The van der Waals surface area contributed by atoms with Gasteiger partial charge in [-0.1, -0.05) is 0 Å². The molecule has 2 N–H and O–H groups in total. The van der Waals surface area contributed by atoms with E-state index in [1.165, 1.54) is 13.8 Å². The molecule has 1 aliphatic heterocycles. The highest BCUT2D eigenvalue weighted by atomic mass is 16.8. The summed E-state index contributed by atoms with van der Waals surface area (Å²) in [6.45, 7) is 0.711. The topological polar surface area (TPSA) is 112 Å². The summed E-state index contributed by atoms with van der Waals surface area (Å²) >= 11 is 0. The summed E-state index contributed by atoms with van der Waals surface area (Å²) < 4.78 is 19.1. The number of carbonyl (C=O) groups excluding carboxylic acids is 2. The minimum Gasteiger partial charge on any atom is -0.460 e. The minimum absolute atomic E-state index is 0.411. The molecule has 18 heavy (non-hydrogen) atoms. The van der Waals surface area contributed by atoms with Gasteiger partial charge in [0.2, 0.25) is 11.6 Å². The van der Waals surface area contributed by atoms with Crippen LogP contribution in [0.1, 0.15) is 13.8 Å². The van der Waals surface area contributed by atoms with Crippen LogP contribution in [0.5, 0.6) is 0 Å². The van der Waals surface area contributed by atoms with Gasteiger partial charge >= 0.3 is 11.9 Å². The fourth-order valence-corrected chi connectivity index (χ4v) is 1.17. The molecule has 0 amide bonds. The normalized spacial score (nSPS) is 31.8. The third-order valence-electron chi connectivity index (χ3n) is 2.13. The molecule has 0 aliphatic carbocycles. The molecule has 0 spiro atoms. The number of hydrogen-bond donors (Lipinski definition) is 2. The Morgan fingerprint density at radius 2 is 1.33 bits per heavy atom. The van der Waals surface area contributed by atoms with Crippen LogP contribution in [0, 0.1) is 0 Å². The zero-order chi connectivity index (χ0) is 13.8. The van der Waals surface area contributed by atoms with E-state index < -0.39 is 49.9 Å². The summed E-state index contributed by atoms with van der Waals surface area (Å²) in [5, 5.41) is 19.6. The molecule has 1 heterocycles. The van der Waals surface area contributed by atoms with E-state index in [2.05, 4.69) is 9.47 Å². The van der Waals surface area contributed by atoms with Crippen LogP contribution in [0.4, 0.5) is 0 Å². The highest BCUT2D eigenvalue weighted by molar-refractivity contribution is 5.66. The van der Waals surface area contributed by atoms with Gasteiger partial charge in [-0.15, -0.1) is 0 Å². The first-order valence-electron chi connectivity index (χ1n) is 5.24. The Labute approximate surface area is 103 Å². The lowest BCUT2D eigenvalue weighted by Gasteiger charge is -2.39. The molecule has 8 heteroatoms. The average Bonchev–Trinajstić information content (AvgIpc) is 2.29. The number of hydrogen-bond acceptors (Lipinski definition) is 8. The smallest absolute Gasteiger partial charge is 0.302 e. The molecular formula is C10H16O8. The molecule has 0 saturated carbocycles. The Bertz CT molecular complexity index is 286. The minimum atomic E-state index is -1.81. The maximum Gasteiger partial charge on any atom is 0.302 e. The lowest BCUT2D eigenvalue weighted by Crippen LogP contribution is -2.57. The van der Waals surface area contributed by atoms with Crippen LogP contribution < -0.4 is 0 Å². The van der Waals surface area contributed by atoms with Gasteiger partial charge in [0.15, 0.2) is 0 Å². The molecule has 2 unspecified atom stereocenters. The fourth-order valence-electron chi connectivity index (χ4n) is 1.17. The van der Waals surface area contributed by atoms with Crippen LogP contribution in [0.3, 0.4) is 0 Å². The van der Waals surface area contributed by atoms with Gasteiger partial charge in [-0.2, -0.15) is 0 Å². The van der Waals surface area contributed by atoms with Crippen molar-refractivity contribution in [2.75, 3.05) is 26.4 Å². The van der Waals surface area contributed by atoms with Crippen molar-refractivity contribution in [3.05, 3.63) is 0 Å². The molecular weight excluding hydrogens is 252 g/mol. The van der Waals surface area contributed by atoms with E-state index in [0.717, 1.165) is 0 Å². The van der Waals surface area contributed by atoms with Crippen molar-refractivity contribution in [3.63, 3.8) is 0 Å². The Kier molecular flexibility index (Phi) is 4.63. The molecule has 8 nitrogen and oxygen atoms in total. The van der Waals surface area contributed by atoms with Crippen LogP contribution in [-0.4, -0.2) is 60.2 Å². The molecule has 1 rings (SSSR count). The molecule has 1 aliphatic rings. The predicted octanol–water partition coefficient (Wildman–Crippen LogP) is -1.46. The Morgan fingerprint density at radius 1 is 1.00 bits per heavy atom. The second-order valence-electron chi connectivity index (χ2n) is 4.03.